The van der Waals surface area contributed by atoms with Gasteiger partial charge in [-0.3, -0.25) is 0 Å². The molecule has 0 bridgehead atoms. The zero-order valence-electron chi connectivity index (χ0n) is 12.0. The lowest BCUT2D eigenvalue weighted by Crippen LogP contribution is -2.44. The van der Waals surface area contributed by atoms with Crippen molar-refractivity contribution in [3.8, 4) is 0 Å². The maximum absolute atomic E-state index is 6.13. The molecule has 0 saturated carbocycles. The quantitative estimate of drug-likeness (QED) is 0.935. The Morgan fingerprint density at radius 1 is 1.25 bits per heavy atom. The fourth-order valence-electron chi connectivity index (χ4n) is 3.02. The zero-order chi connectivity index (χ0) is 13.9. The third-order valence-electron chi connectivity index (χ3n) is 4.17. The van der Waals surface area contributed by atoms with Gasteiger partial charge in [0.25, 0.3) is 0 Å². The number of piperazine rings is 1. The summed E-state index contributed by atoms with van der Waals surface area (Å²) in [5, 5.41) is 5.57. The third kappa shape index (κ3) is 2.85. The number of rotatable bonds is 4. The zero-order valence-corrected chi connectivity index (χ0v) is 12.8. The molecule has 1 aromatic carbocycles. The molecule has 0 atom stereocenters. The van der Waals surface area contributed by atoms with Gasteiger partial charge >= 0.3 is 0 Å². The largest absolute Gasteiger partial charge is 0.347 e. The molecule has 1 saturated heterocycles. The molecule has 2 heterocycles. The number of aromatic nitrogens is 1. The maximum Gasteiger partial charge on any atom is 0.0497 e. The number of aryl methyl sites for hydroxylation is 1. The molecule has 3 nitrogen and oxygen atoms in total. The van der Waals surface area contributed by atoms with Gasteiger partial charge in [-0.2, -0.15) is 0 Å². The van der Waals surface area contributed by atoms with Gasteiger partial charge in [-0.25, -0.2) is 0 Å². The normalized spacial score (nSPS) is 16.9. The van der Waals surface area contributed by atoms with Gasteiger partial charge in [0.15, 0.2) is 0 Å². The summed E-state index contributed by atoms with van der Waals surface area (Å²) in [4.78, 5) is 2.54. The van der Waals surface area contributed by atoms with Crippen molar-refractivity contribution in [2.45, 2.75) is 19.9 Å². The molecule has 0 amide bonds. The monoisotopic (exact) mass is 291 g/mol. The smallest absolute Gasteiger partial charge is 0.0497 e. The minimum absolute atomic E-state index is 0.818. The number of fused-ring (bicyclic) bond motifs is 1. The Morgan fingerprint density at radius 3 is 2.80 bits per heavy atom. The van der Waals surface area contributed by atoms with E-state index >= 15 is 0 Å². The van der Waals surface area contributed by atoms with Gasteiger partial charge in [0, 0.05) is 61.4 Å². The Kier molecular flexibility index (Phi) is 4.29. The second-order valence-electron chi connectivity index (χ2n) is 5.44. The first-order valence-electron chi connectivity index (χ1n) is 7.48. The van der Waals surface area contributed by atoms with Crippen LogP contribution >= 0.6 is 11.6 Å². The average molecular weight is 292 g/mol. The highest BCUT2D eigenvalue weighted by molar-refractivity contribution is 6.31. The van der Waals surface area contributed by atoms with Crippen LogP contribution in [0, 0.1) is 0 Å². The third-order valence-corrected chi connectivity index (χ3v) is 4.41. The van der Waals surface area contributed by atoms with Gasteiger partial charge in [0.1, 0.15) is 0 Å². The van der Waals surface area contributed by atoms with Crippen LogP contribution in [0.15, 0.2) is 24.4 Å². The highest BCUT2D eigenvalue weighted by Crippen LogP contribution is 2.25. The Balaban J connectivity index is 1.80. The van der Waals surface area contributed by atoms with Crippen LogP contribution in [-0.2, 0) is 13.0 Å². The van der Waals surface area contributed by atoms with Crippen LogP contribution in [0.1, 0.15) is 12.5 Å². The van der Waals surface area contributed by atoms with E-state index in [4.69, 9.17) is 11.6 Å². The number of nitrogens with one attached hydrogen (secondary N) is 1. The van der Waals surface area contributed by atoms with Gasteiger partial charge in [0.2, 0.25) is 0 Å². The summed E-state index contributed by atoms with van der Waals surface area (Å²) >= 11 is 6.13. The van der Waals surface area contributed by atoms with Crippen LogP contribution in [0.5, 0.6) is 0 Å². The predicted molar refractivity (Wildman–Crippen MR) is 85.6 cm³/mol. The Hall–Kier alpha value is -1.03. The summed E-state index contributed by atoms with van der Waals surface area (Å²) in [5.74, 6) is 0. The topological polar surface area (TPSA) is 20.2 Å². The Bertz CT molecular complexity index is 585. The molecule has 0 aliphatic carbocycles. The molecule has 0 radical (unpaired) electrons. The second-order valence-corrected chi connectivity index (χ2v) is 5.88. The van der Waals surface area contributed by atoms with Gasteiger partial charge in [-0.15, -0.1) is 0 Å². The van der Waals surface area contributed by atoms with Crippen molar-refractivity contribution in [2.24, 2.45) is 0 Å². The fraction of sp³-hybridized carbons (Fsp3) is 0.500. The van der Waals surface area contributed by atoms with E-state index in [0.717, 1.165) is 50.7 Å². The standard InChI is InChI=1S/C16H22ClN3/c1-2-20-12-13(5-8-19-9-6-18-7-10-19)15-4-3-14(17)11-16(15)20/h3-4,11-12,18H,2,5-10H2,1H3. The molecule has 1 fully saturated rings. The van der Waals surface area contributed by atoms with E-state index in [-0.39, 0.29) is 0 Å². The number of hydrogen-bond acceptors (Lipinski definition) is 2. The van der Waals surface area contributed by atoms with E-state index in [1.165, 1.54) is 16.5 Å². The first-order chi connectivity index (χ1) is 9.78. The molecule has 2 aromatic rings. The van der Waals surface area contributed by atoms with Crippen molar-refractivity contribution in [2.75, 3.05) is 32.7 Å². The molecule has 1 aliphatic heterocycles. The lowest BCUT2D eigenvalue weighted by Gasteiger charge is -2.26. The summed E-state index contributed by atoms with van der Waals surface area (Å²) in [6.07, 6.45) is 3.41. The van der Waals surface area contributed by atoms with Crippen LogP contribution < -0.4 is 5.32 Å². The molecule has 1 aliphatic rings. The number of nitrogens with zero attached hydrogens (tertiary/aromatic N) is 2. The van der Waals surface area contributed by atoms with Crippen molar-refractivity contribution in [3.05, 3.63) is 35.0 Å². The van der Waals surface area contributed by atoms with E-state index in [1.807, 2.05) is 6.07 Å². The van der Waals surface area contributed by atoms with Crippen molar-refractivity contribution < 1.29 is 0 Å². The first-order valence-corrected chi connectivity index (χ1v) is 7.86. The van der Waals surface area contributed by atoms with Gasteiger partial charge in [0.05, 0.1) is 0 Å². The van der Waals surface area contributed by atoms with Crippen LogP contribution in [0.25, 0.3) is 10.9 Å². The highest BCUT2D eigenvalue weighted by atomic mass is 35.5. The molecule has 4 heteroatoms. The number of halogens is 1. The Labute approximate surface area is 125 Å². The van der Waals surface area contributed by atoms with E-state index in [0.29, 0.717) is 0 Å². The Morgan fingerprint density at radius 2 is 2.05 bits per heavy atom. The van der Waals surface area contributed by atoms with Crippen LogP contribution in [-0.4, -0.2) is 42.2 Å². The van der Waals surface area contributed by atoms with E-state index in [1.54, 1.807) is 0 Å². The minimum atomic E-state index is 0.818. The van der Waals surface area contributed by atoms with Gasteiger partial charge in [-0.1, -0.05) is 17.7 Å². The first kappa shape index (κ1) is 13.9. The minimum Gasteiger partial charge on any atom is -0.347 e. The second kappa shape index (κ2) is 6.17. The molecule has 1 aromatic heterocycles. The van der Waals surface area contributed by atoms with Crippen molar-refractivity contribution in [1.29, 1.82) is 0 Å². The molecular formula is C16H22ClN3. The summed E-state index contributed by atoms with van der Waals surface area (Å²) < 4.78 is 2.30. The molecule has 1 N–H and O–H groups in total. The van der Waals surface area contributed by atoms with E-state index < -0.39 is 0 Å². The summed E-state index contributed by atoms with van der Waals surface area (Å²) in [6, 6.07) is 6.24. The highest BCUT2D eigenvalue weighted by Gasteiger charge is 2.12. The molecular weight excluding hydrogens is 270 g/mol. The summed E-state index contributed by atoms with van der Waals surface area (Å²) in [5.41, 5.74) is 2.70. The van der Waals surface area contributed by atoms with Crippen molar-refractivity contribution in [3.63, 3.8) is 0 Å². The molecule has 20 heavy (non-hydrogen) atoms. The van der Waals surface area contributed by atoms with Gasteiger partial charge < -0.3 is 14.8 Å². The summed E-state index contributed by atoms with van der Waals surface area (Å²) in [7, 11) is 0. The predicted octanol–water partition coefficient (Wildman–Crippen LogP) is 2.76. The summed E-state index contributed by atoms with van der Waals surface area (Å²) in [6.45, 7) is 8.88. The maximum atomic E-state index is 6.13. The lowest BCUT2D eigenvalue weighted by molar-refractivity contribution is 0.244. The SMILES string of the molecule is CCn1cc(CCN2CCNCC2)c2ccc(Cl)cc21. The van der Waals surface area contributed by atoms with Crippen LogP contribution in [0.3, 0.4) is 0 Å². The van der Waals surface area contributed by atoms with Crippen molar-refractivity contribution >= 4 is 22.5 Å². The van der Waals surface area contributed by atoms with Crippen molar-refractivity contribution in [1.82, 2.24) is 14.8 Å². The molecule has 0 spiro atoms. The van der Waals surface area contributed by atoms with E-state index in [9.17, 15) is 0 Å². The number of benzene rings is 1. The molecule has 108 valence electrons. The van der Waals surface area contributed by atoms with Gasteiger partial charge in [-0.05, 0) is 31.0 Å². The number of hydrogen-bond donors (Lipinski definition) is 1. The molecule has 0 unspecified atom stereocenters. The lowest BCUT2D eigenvalue weighted by atomic mass is 10.1. The molecule has 3 rings (SSSR count). The van der Waals surface area contributed by atoms with Crippen LogP contribution in [0.4, 0.5) is 0 Å². The van der Waals surface area contributed by atoms with Crippen LogP contribution in [0.2, 0.25) is 5.02 Å². The average Bonchev–Trinajstić information content (AvgIpc) is 2.83. The fourth-order valence-corrected chi connectivity index (χ4v) is 3.18. The van der Waals surface area contributed by atoms with E-state index in [2.05, 4.69) is 40.0 Å².